The highest BCUT2D eigenvalue weighted by atomic mass is 35.5. The van der Waals surface area contributed by atoms with E-state index in [1.54, 1.807) is 23.9 Å². The van der Waals surface area contributed by atoms with E-state index in [9.17, 15) is 5.11 Å². The molecule has 2 heterocycles. The average molecular weight is 354 g/mol. The van der Waals surface area contributed by atoms with Gasteiger partial charge in [-0.15, -0.1) is 0 Å². The Hall–Kier alpha value is -2.83. The Kier molecular flexibility index (Phi) is 3.71. The fraction of sp³-hybridized carbons (Fsp3) is 0.111. The van der Waals surface area contributed by atoms with E-state index in [0.717, 1.165) is 22.2 Å². The second-order valence-electron chi connectivity index (χ2n) is 5.82. The molecule has 7 heteroatoms. The van der Waals surface area contributed by atoms with Crippen LogP contribution >= 0.6 is 11.6 Å². The summed E-state index contributed by atoms with van der Waals surface area (Å²) in [4.78, 5) is 7.80. The van der Waals surface area contributed by atoms with Crippen molar-refractivity contribution in [3.63, 3.8) is 0 Å². The minimum atomic E-state index is 0.0722. The average Bonchev–Trinajstić information content (AvgIpc) is 3.15. The van der Waals surface area contributed by atoms with Crippen molar-refractivity contribution in [3.05, 3.63) is 53.1 Å². The highest BCUT2D eigenvalue weighted by molar-refractivity contribution is 6.30. The van der Waals surface area contributed by atoms with E-state index in [4.69, 9.17) is 17.3 Å². The van der Waals surface area contributed by atoms with Gasteiger partial charge >= 0.3 is 0 Å². The molecule has 0 saturated heterocycles. The summed E-state index contributed by atoms with van der Waals surface area (Å²) in [6, 6.07) is 13.0. The van der Waals surface area contributed by atoms with Gasteiger partial charge in [0.05, 0.1) is 11.0 Å². The van der Waals surface area contributed by atoms with Gasteiger partial charge in [-0.25, -0.2) is 4.98 Å². The lowest BCUT2D eigenvalue weighted by molar-refractivity contribution is 0.478. The number of nitrogens with zero attached hydrogens (tertiary/aromatic N) is 3. The summed E-state index contributed by atoms with van der Waals surface area (Å²) in [5, 5.41) is 15.8. The molecule has 25 heavy (non-hydrogen) atoms. The van der Waals surface area contributed by atoms with Crippen LogP contribution in [-0.2, 0) is 13.6 Å². The Morgan fingerprint density at radius 1 is 1.20 bits per heavy atom. The first kappa shape index (κ1) is 15.7. The maximum absolute atomic E-state index is 10.7. The number of aromatic amines is 1. The summed E-state index contributed by atoms with van der Waals surface area (Å²) in [6.07, 6.45) is 0. The van der Waals surface area contributed by atoms with Crippen LogP contribution in [0.15, 0.2) is 42.5 Å². The van der Waals surface area contributed by atoms with Crippen LogP contribution in [0.2, 0.25) is 5.02 Å². The molecule has 0 bridgehead atoms. The normalized spacial score (nSPS) is 11.3. The smallest absolute Gasteiger partial charge is 0.173 e. The Morgan fingerprint density at radius 2 is 1.96 bits per heavy atom. The zero-order valence-corrected chi connectivity index (χ0v) is 14.2. The van der Waals surface area contributed by atoms with Gasteiger partial charge in [0.2, 0.25) is 0 Å². The third kappa shape index (κ3) is 2.65. The van der Waals surface area contributed by atoms with Gasteiger partial charge in [-0.1, -0.05) is 29.8 Å². The fourth-order valence-corrected chi connectivity index (χ4v) is 3.00. The molecule has 4 rings (SSSR count). The Balaban J connectivity index is 1.84. The Labute approximate surface area is 148 Å². The molecule has 0 unspecified atom stereocenters. The predicted molar refractivity (Wildman–Crippen MR) is 98.3 cm³/mol. The van der Waals surface area contributed by atoms with E-state index in [1.165, 1.54) is 0 Å². The summed E-state index contributed by atoms with van der Waals surface area (Å²) < 4.78 is 1.61. The minimum Gasteiger partial charge on any atom is -0.504 e. The minimum absolute atomic E-state index is 0.0722. The highest BCUT2D eigenvalue weighted by Gasteiger charge is 2.21. The fourth-order valence-electron chi connectivity index (χ4n) is 2.88. The van der Waals surface area contributed by atoms with E-state index >= 15 is 0 Å². The number of aryl methyl sites for hydroxylation is 1. The van der Waals surface area contributed by atoms with Gasteiger partial charge in [-0.2, -0.15) is 5.10 Å². The van der Waals surface area contributed by atoms with Crippen LogP contribution in [-0.4, -0.2) is 24.9 Å². The number of nitrogens with one attached hydrogen (secondary N) is 1. The molecule has 2 aromatic carbocycles. The molecule has 0 radical (unpaired) electrons. The van der Waals surface area contributed by atoms with Gasteiger partial charge in [-0.05, 0) is 29.8 Å². The largest absolute Gasteiger partial charge is 0.504 e. The number of hydrogen-bond acceptors (Lipinski definition) is 4. The number of fused-ring (bicyclic) bond motifs is 1. The monoisotopic (exact) mass is 353 g/mol. The summed E-state index contributed by atoms with van der Waals surface area (Å²) in [5.41, 5.74) is 10.2. The first-order valence-corrected chi connectivity index (χ1v) is 8.15. The molecule has 2 aromatic heterocycles. The van der Waals surface area contributed by atoms with E-state index in [-0.39, 0.29) is 5.75 Å². The van der Waals surface area contributed by atoms with E-state index in [2.05, 4.69) is 15.1 Å². The topological polar surface area (TPSA) is 92.8 Å². The lowest BCUT2D eigenvalue weighted by Crippen LogP contribution is -1.95. The van der Waals surface area contributed by atoms with Crippen molar-refractivity contribution in [2.75, 3.05) is 0 Å². The number of hydrogen-bond donors (Lipinski definition) is 3. The number of imidazole rings is 1. The second-order valence-corrected chi connectivity index (χ2v) is 6.25. The van der Waals surface area contributed by atoms with Crippen LogP contribution in [0.3, 0.4) is 0 Å². The molecule has 126 valence electrons. The molecule has 0 spiro atoms. The number of aromatic nitrogens is 4. The summed E-state index contributed by atoms with van der Waals surface area (Å²) >= 11 is 5.93. The second kappa shape index (κ2) is 5.91. The Morgan fingerprint density at radius 3 is 2.68 bits per heavy atom. The van der Waals surface area contributed by atoms with E-state index in [1.807, 2.05) is 30.3 Å². The van der Waals surface area contributed by atoms with E-state index < -0.39 is 0 Å². The number of benzene rings is 2. The number of H-pyrrole nitrogens is 1. The van der Waals surface area contributed by atoms with Gasteiger partial charge in [0.1, 0.15) is 11.4 Å². The number of aromatic hydroxyl groups is 1. The van der Waals surface area contributed by atoms with Gasteiger partial charge in [-0.3, -0.25) is 4.68 Å². The molecule has 0 amide bonds. The first-order valence-electron chi connectivity index (χ1n) is 7.78. The molecular weight excluding hydrogens is 338 g/mol. The summed E-state index contributed by atoms with van der Waals surface area (Å²) in [7, 11) is 1.77. The third-order valence-electron chi connectivity index (χ3n) is 4.15. The lowest BCUT2D eigenvalue weighted by atomic mass is 10.1. The standard InChI is InChI=1S/C18H16ClN5O/c1-24-16(17(25)15(23-24)11-3-5-12(19)6-4-11)18-21-13-7-2-10(9-20)8-14(13)22-18/h2-8,25H,9,20H2,1H3,(H,21,22). The van der Waals surface area contributed by atoms with Crippen molar-refractivity contribution in [3.8, 4) is 28.5 Å². The molecule has 0 atom stereocenters. The van der Waals surface area contributed by atoms with Crippen LogP contribution in [0.1, 0.15) is 5.56 Å². The maximum Gasteiger partial charge on any atom is 0.173 e. The van der Waals surface area contributed by atoms with Gasteiger partial charge in [0.15, 0.2) is 11.6 Å². The molecule has 4 aromatic rings. The molecule has 0 aliphatic carbocycles. The van der Waals surface area contributed by atoms with Crippen molar-refractivity contribution in [2.45, 2.75) is 6.54 Å². The third-order valence-corrected chi connectivity index (χ3v) is 4.40. The quantitative estimate of drug-likeness (QED) is 0.526. The number of rotatable bonds is 3. The molecule has 6 nitrogen and oxygen atoms in total. The molecular formula is C18H16ClN5O. The van der Waals surface area contributed by atoms with Crippen LogP contribution in [0, 0.1) is 0 Å². The van der Waals surface area contributed by atoms with Crippen molar-refractivity contribution >= 4 is 22.6 Å². The molecule has 4 N–H and O–H groups in total. The van der Waals surface area contributed by atoms with Crippen molar-refractivity contribution in [1.82, 2.24) is 19.7 Å². The molecule has 0 aliphatic heterocycles. The first-order chi connectivity index (χ1) is 12.1. The number of halogens is 1. The Bertz CT molecular complexity index is 1070. The van der Waals surface area contributed by atoms with Crippen LogP contribution in [0.4, 0.5) is 0 Å². The van der Waals surface area contributed by atoms with Crippen molar-refractivity contribution in [2.24, 2.45) is 12.8 Å². The van der Waals surface area contributed by atoms with Gasteiger partial charge in [0, 0.05) is 24.2 Å². The molecule has 0 saturated carbocycles. The zero-order chi connectivity index (χ0) is 17.6. The summed E-state index contributed by atoms with van der Waals surface area (Å²) in [6.45, 7) is 0.460. The van der Waals surface area contributed by atoms with Crippen molar-refractivity contribution < 1.29 is 5.11 Å². The summed E-state index contributed by atoms with van der Waals surface area (Å²) in [5.74, 6) is 0.625. The SMILES string of the molecule is Cn1nc(-c2ccc(Cl)cc2)c(O)c1-c1nc2ccc(CN)cc2[nH]1. The van der Waals surface area contributed by atoms with Gasteiger partial charge in [0.25, 0.3) is 0 Å². The number of nitrogens with two attached hydrogens (primary N) is 1. The van der Waals surface area contributed by atoms with Crippen LogP contribution in [0.25, 0.3) is 33.8 Å². The zero-order valence-electron chi connectivity index (χ0n) is 13.5. The molecule has 0 aliphatic rings. The lowest BCUT2D eigenvalue weighted by Gasteiger charge is -1.99. The predicted octanol–water partition coefficient (Wildman–Crippen LogP) is 3.45. The van der Waals surface area contributed by atoms with Gasteiger partial charge < -0.3 is 15.8 Å². The van der Waals surface area contributed by atoms with E-state index in [0.29, 0.717) is 28.8 Å². The maximum atomic E-state index is 10.7. The van der Waals surface area contributed by atoms with Crippen LogP contribution < -0.4 is 5.73 Å². The van der Waals surface area contributed by atoms with Crippen LogP contribution in [0.5, 0.6) is 5.75 Å². The molecule has 0 fully saturated rings. The highest BCUT2D eigenvalue weighted by Crippen LogP contribution is 2.37. The van der Waals surface area contributed by atoms with Crippen molar-refractivity contribution in [1.29, 1.82) is 0 Å².